The Morgan fingerprint density at radius 2 is 1.94 bits per heavy atom. The van der Waals surface area contributed by atoms with Crippen molar-refractivity contribution in [1.82, 2.24) is 5.32 Å². The summed E-state index contributed by atoms with van der Waals surface area (Å²) in [4.78, 5) is 1.32. The highest BCUT2D eigenvalue weighted by atomic mass is 79.9. The lowest BCUT2D eigenvalue weighted by Gasteiger charge is -2.06. The molecule has 0 unspecified atom stereocenters. The maximum atomic E-state index is 5.74. The molecule has 2 aromatic rings. The zero-order chi connectivity index (χ0) is 12.3. The van der Waals surface area contributed by atoms with Crippen LogP contribution in [0.2, 0.25) is 0 Å². The summed E-state index contributed by atoms with van der Waals surface area (Å²) in [6.45, 7) is 1.71. The normalized spacial score (nSPS) is 10.7. The van der Waals surface area contributed by atoms with E-state index < -0.39 is 0 Å². The summed E-state index contributed by atoms with van der Waals surface area (Å²) in [5.74, 6) is 0. The Hall–Kier alpha value is -0.360. The number of anilines is 1. The molecule has 90 valence electrons. The number of halogens is 2. The van der Waals surface area contributed by atoms with Crippen molar-refractivity contribution >= 4 is 48.9 Å². The third-order valence-electron chi connectivity index (χ3n) is 2.37. The SMILES string of the molecule is Nc1ccc(CNCc2sccc2Br)cc1Br. The average molecular weight is 376 g/mol. The third-order valence-corrected chi connectivity index (χ3v) is 4.98. The third kappa shape index (κ3) is 3.55. The molecule has 0 aliphatic carbocycles. The van der Waals surface area contributed by atoms with Crippen molar-refractivity contribution in [3.05, 3.63) is 49.0 Å². The highest BCUT2D eigenvalue weighted by molar-refractivity contribution is 9.11. The molecule has 1 aromatic carbocycles. The van der Waals surface area contributed by atoms with E-state index in [4.69, 9.17) is 5.73 Å². The summed E-state index contributed by atoms with van der Waals surface area (Å²) >= 11 is 8.70. The molecule has 0 radical (unpaired) electrons. The number of nitrogen functional groups attached to an aromatic ring is 1. The van der Waals surface area contributed by atoms with Gasteiger partial charge in [-0.05, 0) is 61.0 Å². The van der Waals surface area contributed by atoms with Crippen LogP contribution in [0.3, 0.4) is 0 Å². The number of benzene rings is 1. The fourth-order valence-corrected chi connectivity index (χ4v) is 3.34. The quantitative estimate of drug-likeness (QED) is 0.788. The second kappa shape index (κ2) is 6.00. The Morgan fingerprint density at radius 3 is 2.59 bits per heavy atom. The van der Waals surface area contributed by atoms with E-state index in [2.05, 4.69) is 48.6 Å². The molecule has 0 saturated heterocycles. The molecule has 2 nitrogen and oxygen atoms in total. The first-order valence-electron chi connectivity index (χ1n) is 5.13. The van der Waals surface area contributed by atoms with Gasteiger partial charge < -0.3 is 11.1 Å². The van der Waals surface area contributed by atoms with Gasteiger partial charge in [-0.3, -0.25) is 0 Å². The zero-order valence-electron chi connectivity index (χ0n) is 9.04. The van der Waals surface area contributed by atoms with Crippen molar-refractivity contribution in [2.75, 3.05) is 5.73 Å². The minimum atomic E-state index is 0.773. The first-order valence-corrected chi connectivity index (χ1v) is 7.60. The molecule has 2 rings (SSSR count). The average Bonchev–Trinajstić information content (AvgIpc) is 2.70. The van der Waals surface area contributed by atoms with Crippen LogP contribution < -0.4 is 11.1 Å². The minimum Gasteiger partial charge on any atom is -0.398 e. The van der Waals surface area contributed by atoms with Gasteiger partial charge >= 0.3 is 0 Å². The summed E-state index contributed by atoms with van der Waals surface area (Å²) in [6.07, 6.45) is 0. The van der Waals surface area contributed by atoms with Crippen LogP contribution in [0.4, 0.5) is 5.69 Å². The summed E-state index contributed by atoms with van der Waals surface area (Å²) in [6, 6.07) is 8.08. The first-order chi connectivity index (χ1) is 8.16. The van der Waals surface area contributed by atoms with Gasteiger partial charge in [0.2, 0.25) is 0 Å². The molecule has 0 aliphatic heterocycles. The van der Waals surface area contributed by atoms with Gasteiger partial charge in [-0.15, -0.1) is 11.3 Å². The lowest BCUT2D eigenvalue weighted by atomic mass is 10.2. The topological polar surface area (TPSA) is 38.0 Å². The zero-order valence-corrected chi connectivity index (χ0v) is 13.0. The summed E-state index contributed by atoms with van der Waals surface area (Å²) in [5.41, 5.74) is 7.74. The van der Waals surface area contributed by atoms with E-state index in [0.29, 0.717) is 0 Å². The largest absolute Gasteiger partial charge is 0.398 e. The van der Waals surface area contributed by atoms with Crippen LogP contribution in [0.5, 0.6) is 0 Å². The molecule has 0 saturated carbocycles. The van der Waals surface area contributed by atoms with Gasteiger partial charge in [0.05, 0.1) is 0 Å². The highest BCUT2D eigenvalue weighted by Gasteiger charge is 2.01. The summed E-state index contributed by atoms with van der Waals surface area (Å²) in [5, 5.41) is 5.49. The molecule has 0 fully saturated rings. The predicted molar refractivity (Wildman–Crippen MR) is 81.1 cm³/mol. The van der Waals surface area contributed by atoms with E-state index in [1.807, 2.05) is 18.2 Å². The summed E-state index contributed by atoms with van der Waals surface area (Å²) in [7, 11) is 0. The molecule has 5 heteroatoms. The van der Waals surface area contributed by atoms with E-state index >= 15 is 0 Å². The molecule has 3 N–H and O–H groups in total. The maximum Gasteiger partial charge on any atom is 0.0458 e. The lowest BCUT2D eigenvalue weighted by molar-refractivity contribution is 0.699. The standard InChI is InChI=1S/C12H12Br2N2S/c13-9-3-4-17-12(9)7-16-6-8-1-2-11(15)10(14)5-8/h1-5,16H,6-7,15H2. The van der Waals surface area contributed by atoms with Gasteiger partial charge in [-0.1, -0.05) is 6.07 Å². The molecule has 17 heavy (non-hydrogen) atoms. The van der Waals surface area contributed by atoms with Crippen LogP contribution >= 0.6 is 43.2 Å². The van der Waals surface area contributed by atoms with Crippen LogP contribution in [0.1, 0.15) is 10.4 Å². The highest BCUT2D eigenvalue weighted by Crippen LogP contribution is 2.23. The van der Waals surface area contributed by atoms with Crippen LogP contribution in [0, 0.1) is 0 Å². The lowest BCUT2D eigenvalue weighted by Crippen LogP contribution is -2.12. The Bertz CT molecular complexity index is 511. The molecule has 0 aliphatic rings. The van der Waals surface area contributed by atoms with E-state index in [1.54, 1.807) is 11.3 Å². The Labute approximate surface area is 121 Å². The van der Waals surface area contributed by atoms with Gasteiger partial charge in [0.15, 0.2) is 0 Å². The Balaban J connectivity index is 1.90. The number of rotatable bonds is 4. The Kier molecular flexibility index (Phi) is 4.62. The monoisotopic (exact) mass is 374 g/mol. The number of hydrogen-bond acceptors (Lipinski definition) is 3. The molecule has 0 bridgehead atoms. The van der Waals surface area contributed by atoms with Gasteiger partial charge in [0.25, 0.3) is 0 Å². The van der Waals surface area contributed by atoms with Crippen molar-refractivity contribution in [3.8, 4) is 0 Å². The maximum absolute atomic E-state index is 5.74. The fraction of sp³-hybridized carbons (Fsp3) is 0.167. The van der Waals surface area contributed by atoms with Crippen molar-refractivity contribution in [2.45, 2.75) is 13.1 Å². The molecule has 0 amide bonds. The number of nitrogens with two attached hydrogens (primary N) is 1. The predicted octanol–water partition coefficient (Wildman–Crippen LogP) is 4.15. The second-order valence-corrected chi connectivity index (χ2v) is 6.36. The van der Waals surface area contributed by atoms with Crippen molar-refractivity contribution in [3.63, 3.8) is 0 Å². The van der Waals surface area contributed by atoms with E-state index in [0.717, 1.165) is 23.2 Å². The minimum absolute atomic E-state index is 0.773. The van der Waals surface area contributed by atoms with Crippen molar-refractivity contribution in [2.24, 2.45) is 0 Å². The smallest absolute Gasteiger partial charge is 0.0458 e. The van der Waals surface area contributed by atoms with Crippen LogP contribution in [-0.4, -0.2) is 0 Å². The molecule has 1 heterocycles. The van der Waals surface area contributed by atoms with Gasteiger partial charge in [0, 0.05) is 32.6 Å². The van der Waals surface area contributed by atoms with Crippen molar-refractivity contribution < 1.29 is 0 Å². The van der Waals surface area contributed by atoms with Gasteiger partial charge in [0.1, 0.15) is 0 Å². The second-order valence-electron chi connectivity index (χ2n) is 3.65. The summed E-state index contributed by atoms with van der Waals surface area (Å²) < 4.78 is 2.13. The van der Waals surface area contributed by atoms with E-state index in [-0.39, 0.29) is 0 Å². The van der Waals surface area contributed by atoms with Crippen LogP contribution in [0.25, 0.3) is 0 Å². The molecule has 0 atom stereocenters. The Morgan fingerprint density at radius 1 is 1.12 bits per heavy atom. The molecular formula is C12H12Br2N2S. The van der Waals surface area contributed by atoms with E-state index in [9.17, 15) is 0 Å². The molecule has 0 spiro atoms. The number of thiophene rings is 1. The first kappa shape index (κ1) is 13.1. The fourth-order valence-electron chi connectivity index (χ4n) is 1.45. The van der Waals surface area contributed by atoms with Crippen LogP contribution in [-0.2, 0) is 13.1 Å². The number of hydrogen-bond donors (Lipinski definition) is 2. The van der Waals surface area contributed by atoms with E-state index in [1.165, 1.54) is 14.9 Å². The molecular weight excluding hydrogens is 364 g/mol. The molecule has 1 aromatic heterocycles. The van der Waals surface area contributed by atoms with Crippen LogP contribution in [0.15, 0.2) is 38.6 Å². The number of nitrogens with one attached hydrogen (secondary N) is 1. The van der Waals surface area contributed by atoms with Crippen molar-refractivity contribution in [1.29, 1.82) is 0 Å². The van der Waals surface area contributed by atoms with Gasteiger partial charge in [-0.2, -0.15) is 0 Å². The van der Waals surface area contributed by atoms with Gasteiger partial charge in [-0.25, -0.2) is 0 Å².